The maximum absolute atomic E-state index is 14.5. The Morgan fingerprint density at radius 2 is 1.51 bits per heavy atom. The van der Waals surface area contributed by atoms with Crippen molar-refractivity contribution in [2.24, 2.45) is 0 Å². The molecular formula is C45H51ClN10O9. The molecule has 2 aliphatic rings. The van der Waals surface area contributed by atoms with Crippen LogP contribution in [0.15, 0.2) is 73.1 Å². The highest BCUT2D eigenvalue weighted by Crippen LogP contribution is 2.31. The Morgan fingerprint density at radius 3 is 2.17 bits per heavy atom. The van der Waals surface area contributed by atoms with Crippen LogP contribution < -0.4 is 20.9 Å². The normalized spacial score (nSPS) is 17.4. The van der Waals surface area contributed by atoms with Gasteiger partial charge in [0, 0.05) is 47.3 Å². The van der Waals surface area contributed by atoms with Crippen LogP contribution in [0.5, 0.6) is 0 Å². The number of fused-ring (bicyclic) bond motifs is 1. The van der Waals surface area contributed by atoms with Crippen LogP contribution in [0.25, 0.3) is 16.6 Å². The Labute approximate surface area is 379 Å². The average molecular weight is 911 g/mol. The van der Waals surface area contributed by atoms with Crippen molar-refractivity contribution in [3.05, 3.63) is 89.3 Å². The van der Waals surface area contributed by atoms with Gasteiger partial charge in [-0.1, -0.05) is 23.7 Å². The van der Waals surface area contributed by atoms with Gasteiger partial charge in [0.1, 0.15) is 29.3 Å². The van der Waals surface area contributed by atoms with Gasteiger partial charge in [-0.25, -0.2) is 19.0 Å². The number of benzene rings is 3. The van der Waals surface area contributed by atoms with Gasteiger partial charge in [0.25, 0.3) is 0 Å². The summed E-state index contributed by atoms with van der Waals surface area (Å²) in [6.45, 7) is 10.1. The van der Waals surface area contributed by atoms with Crippen LogP contribution in [-0.4, -0.2) is 113 Å². The van der Waals surface area contributed by atoms with Gasteiger partial charge >= 0.3 is 29.9 Å². The fraction of sp³-hybridized carbons (Fsp3) is 0.400. The summed E-state index contributed by atoms with van der Waals surface area (Å²) >= 11 is 6.36. The third kappa shape index (κ3) is 11.1. The number of tetrazole rings is 1. The van der Waals surface area contributed by atoms with E-state index in [-0.39, 0.29) is 48.7 Å². The van der Waals surface area contributed by atoms with E-state index >= 15 is 0 Å². The highest BCUT2D eigenvalue weighted by molar-refractivity contribution is 6.41. The number of hydrogen-bond donors (Lipinski definition) is 4. The first-order valence-electron chi connectivity index (χ1n) is 21.2. The van der Waals surface area contributed by atoms with Crippen LogP contribution in [0.1, 0.15) is 83.3 Å². The Bertz CT molecular complexity index is 2610. The molecule has 1 saturated heterocycles. The molecule has 1 aliphatic heterocycles. The fourth-order valence-electron chi connectivity index (χ4n) is 7.72. The van der Waals surface area contributed by atoms with E-state index < -0.39 is 53.1 Å². The molecule has 20 heteroatoms. The number of nitrogens with one attached hydrogen (secondary N) is 3. The lowest BCUT2D eigenvalue weighted by Crippen LogP contribution is -2.60. The Kier molecular flexibility index (Phi) is 13.3. The number of rotatable bonds is 10. The van der Waals surface area contributed by atoms with E-state index in [1.165, 1.54) is 32.9 Å². The number of aromatic nitrogens is 5. The topological polar surface area (TPSA) is 232 Å². The minimum Gasteiger partial charge on any atom is -0.455 e. The molecule has 1 saturated carbocycles. The third-order valence-corrected chi connectivity index (χ3v) is 10.9. The first-order valence-corrected chi connectivity index (χ1v) is 21.5. The molecule has 5 amide bonds. The fourth-order valence-corrected chi connectivity index (χ4v) is 7.89. The SMILES string of the molecule is CC(C)(C)OC(=O)c1cc2cc(NC(=O)[C@H](Cc3ccc(NC(=O)NC4CCC(O)CC4)cc3)N3CCN(c4cc(Cl)ccc4-n4cnnn4)C(=O)C3=O)ccc2n1C(=O)OC(C)(C)C. The summed E-state index contributed by atoms with van der Waals surface area (Å²) in [4.78, 5) is 85.0. The molecule has 342 valence electrons. The summed E-state index contributed by atoms with van der Waals surface area (Å²) in [5, 5.41) is 30.5. The Hall–Kier alpha value is -6.86. The number of aliphatic hydroxyl groups is 1. The zero-order valence-electron chi connectivity index (χ0n) is 36.8. The number of ether oxygens (including phenoxy) is 2. The van der Waals surface area contributed by atoms with E-state index in [1.54, 1.807) is 96.1 Å². The summed E-state index contributed by atoms with van der Waals surface area (Å²) in [6, 6.07) is 16.0. The number of carbonyl (C=O) groups excluding carboxylic acids is 6. The zero-order valence-corrected chi connectivity index (χ0v) is 37.6. The molecule has 3 aromatic carbocycles. The van der Waals surface area contributed by atoms with E-state index in [9.17, 15) is 33.9 Å². The molecule has 1 aliphatic carbocycles. The van der Waals surface area contributed by atoms with Crippen LogP contribution in [0.3, 0.4) is 0 Å². The standard InChI is InChI=1S/C45H51ClN10O9/c1-44(2,3)64-41(61)37-23-27-22-31(14-18-33(27)56(37)43(63)65-45(4,5)6)48-38(58)36(21-26-7-10-29(11-8-26)49-42(62)50-30-12-15-32(57)16-13-30)54-20-19-53(39(59)40(54)60)35-24-28(46)9-17-34(35)55-25-47-51-52-55/h7-11,14,17-18,22-25,30,32,36,57H,12-13,15-16,19-21H2,1-6H3,(H,48,58)(H2,49,50,62)/t30?,32?,36-/m0/s1. The molecule has 7 rings (SSSR count). The summed E-state index contributed by atoms with van der Waals surface area (Å²) in [6.07, 6.45) is 2.73. The highest BCUT2D eigenvalue weighted by atomic mass is 35.5. The van der Waals surface area contributed by atoms with Gasteiger partial charge in [0.2, 0.25) is 5.91 Å². The van der Waals surface area contributed by atoms with Crippen molar-refractivity contribution in [1.82, 2.24) is 35.0 Å². The van der Waals surface area contributed by atoms with Gasteiger partial charge < -0.3 is 40.3 Å². The van der Waals surface area contributed by atoms with E-state index in [1.807, 2.05) is 0 Å². The smallest absolute Gasteiger partial charge is 0.419 e. The quantitative estimate of drug-likeness (QED) is 0.0954. The summed E-state index contributed by atoms with van der Waals surface area (Å²) in [7, 11) is 0. The van der Waals surface area contributed by atoms with Crippen molar-refractivity contribution >= 4 is 75.4 Å². The molecule has 4 N–H and O–H groups in total. The van der Waals surface area contributed by atoms with E-state index in [0.717, 1.165) is 4.57 Å². The van der Waals surface area contributed by atoms with Gasteiger partial charge in [0.05, 0.1) is 23.0 Å². The lowest BCUT2D eigenvalue weighted by Gasteiger charge is -2.38. The number of halogens is 1. The monoisotopic (exact) mass is 910 g/mol. The number of urea groups is 1. The number of amides is 5. The molecule has 0 spiro atoms. The summed E-state index contributed by atoms with van der Waals surface area (Å²) in [5.41, 5.74) is 0.523. The number of hydrogen-bond acceptors (Lipinski definition) is 12. The number of aliphatic hydroxyl groups excluding tert-OH is 1. The second kappa shape index (κ2) is 18.7. The summed E-state index contributed by atoms with van der Waals surface area (Å²) in [5.74, 6) is -3.25. The van der Waals surface area contributed by atoms with Crippen molar-refractivity contribution in [2.45, 2.75) is 103 Å². The predicted octanol–water partition coefficient (Wildman–Crippen LogP) is 5.86. The molecule has 5 aromatic rings. The molecule has 2 aromatic heterocycles. The van der Waals surface area contributed by atoms with E-state index in [0.29, 0.717) is 58.5 Å². The van der Waals surface area contributed by atoms with Gasteiger partial charge in [-0.05, 0) is 138 Å². The third-order valence-electron chi connectivity index (χ3n) is 10.7. The van der Waals surface area contributed by atoms with Gasteiger partial charge in [0.15, 0.2) is 0 Å². The van der Waals surface area contributed by atoms with Crippen molar-refractivity contribution in [1.29, 1.82) is 0 Å². The second-order valence-corrected chi connectivity index (χ2v) is 18.4. The van der Waals surface area contributed by atoms with Crippen LogP contribution in [0.2, 0.25) is 5.02 Å². The Morgan fingerprint density at radius 1 is 0.815 bits per heavy atom. The van der Waals surface area contributed by atoms with E-state index in [2.05, 4.69) is 31.5 Å². The first-order chi connectivity index (χ1) is 30.7. The minimum atomic E-state index is -1.23. The predicted molar refractivity (Wildman–Crippen MR) is 240 cm³/mol. The van der Waals surface area contributed by atoms with Crippen molar-refractivity contribution in [3.63, 3.8) is 0 Å². The molecule has 3 heterocycles. The number of piperazine rings is 1. The van der Waals surface area contributed by atoms with Crippen LogP contribution in [0.4, 0.5) is 26.7 Å². The summed E-state index contributed by atoms with van der Waals surface area (Å²) < 4.78 is 13.7. The molecule has 0 radical (unpaired) electrons. The maximum atomic E-state index is 14.5. The minimum absolute atomic E-state index is 0.0146. The highest BCUT2D eigenvalue weighted by Gasteiger charge is 2.41. The van der Waals surface area contributed by atoms with Crippen LogP contribution in [-0.2, 0) is 30.3 Å². The Balaban J connectivity index is 1.17. The number of nitrogens with zero attached hydrogens (tertiary/aromatic N) is 7. The van der Waals surface area contributed by atoms with E-state index in [4.69, 9.17) is 21.1 Å². The average Bonchev–Trinajstić information content (AvgIpc) is 3.90. The van der Waals surface area contributed by atoms with Crippen molar-refractivity contribution in [2.75, 3.05) is 28.6 Å². The van der Waals surface area contributed by atoms with Crippen molar-refractivity contribution in [3.8, 4) is 5.69 Å². The zero-order chi connectivity index (χ0) is 46.8. The number of carbonyl (C=O) groups is 6. The van der Waals surface area contributed by atoms with Gasteiger partial charge in [-0.3, -0.25) is 14.4 Å². The van der Waals surface area contributed by atoms with Gasteiger partial charge in [-0.2, -0.15) is 4.68 Å². The van der Waals surface area contributed by atoms with Crippen molar-refractivity contribution < 1.29 is 43.3 Å². The largest absolute Gasteiger partial charge is 0.455 e. The molecule has 65 heavy (non-hydrogen) atoms. The molecule has 0 unspecified atom stereocenters. The molecule has 2 fully saturated rings. The second-order valence-electron chi connectivity index (χ2n) is 18.0. The van der Waals surface area contributed by atoms with Gasteiger partial charge in [-0.15, -0.1) is 5.10 Å². The van der Waals surface area contributed by atoms with Crippen LogP contribution >= 0.6 is 11.6 Å². The first kappa shape index (κ1) is 46.1. The maximum Gasteiger partial charge on any atom is 0.419 e. The lowest BCUT2D eigenvalue weighted by atomic mass is 9.93. The number of esters is 1. The van der Waals surface area contributed by atoms with Crippen LogP contribution in [0, 0.1) is 0 Å². The number of anilines is 3. The molecule has 1 atom stereocenters. The lowest BCUT2D eigenvalue weighted by molar-refractivity contribution is -0.149. The molecule has 19 nitrogen and oxygen atoms in total. The molecular weight excluding hydrogens is 860 g/mol. The molecule has 0 bridgehead atoms.